The predicted molar refractivity (Wildman–Crippen MR) is 78.2 cm³/mol. The Labute approximate surface area is 125 Å². The van der Waals surface area contributed by atoms with Crippen molar-refractivity contribution in [3.8, 4) is 10.6 Å². The van der Waals surface area contributed by atoms with E-state index in [2.05, 4.69) is 15.5 Å². The van der Waals surface area contributed by atoms with Crippen LogP contribution in [0.3, 0.4) is 0 Å². The van der Waals surface area contributed by atoms with Crippen molar-refractivity contribution in [3.05, 3.63) is 29.3 Å². The number of hydrogen-bond acceptors (Lipinski definition) is 4. The van der Waals surface area contributed by atoms with E-state index in [9.17, 15) is 14.7 Å². The second-order valence-corrected chi connectivity index (χ2v) is 6.14. The van der Waals surface area contributed by atoms with Gasteiger partial charge in [0.05, 0.1) is 10.6 Å². The highest BCUT2D eigenvalue weighted by Gasteiger charge is 2.43. The molecule has 110 valence electrons. The van der Waals surface area contributed by atoms with Crippen LogP contribution in [0, 0.1) is 0 Å². The number of aromatic nitrogens is 2. The van der Waals surface area contributed by atoms with E-state index >= 15 is 0 Å². The number of nitrogens with zero attached hydrogens (tertiary/aromatic N) is 1. The van der Waals surface area contributed by atoms with Crippen molar-refractivity contribution in [1.29, 1.82) is 0 Å². The van der Waals surface area contributed by atoms with Gasteiger partial charge in [0, 0.05) is 0 Å². The Bertz CT molecular complexity index is 657. The van der Waals surface area contributed by atoms with Gasteiger partial charge in [-0.2, -0.15) is 5.10 Å². The minimum atomic E-state index is -1.14. The molecule has 0 unspecified atom stereocenters. The lowest BCUT2D eigenvalue weighted by Gasteiger charge is -2.24. The van der Waals surface area contributed by atoms with Gasteiger partial charge in [0.25, 0.3) is 5.91 Å². The van der Waals surface area contributed by atoms with Crippen molar-refractivity contribution in [3.63, 3.8) is 0 Å². The Morgan fingerprint density at radius 3 is 2.76 bits per heavy atom. The molecule has 1 aliphatic carbocycles. The van der Waals surface area contributed by atoms with Gasteiger partial charge in [-0.3, -0.25) is 9.89 Å². The number of nitrogens with one attached hydrogen (secondary N) is 2. The Morgan fingerprint density at radius 1 is 1.38 bits per heavy atom. The molecule has 21 heavy (non-hydrogen) atoms. The first-order valence-electron chi connectivity index (χ1n) is 6.76. The maximum Gasteiger partial charge on any atom is 0.329 e. The van der Waals surface area contributed by atoms with Gasteiger partial charge >= 0.3 is 5.97 Å². The Kier molecular flexibility index (Phi) is 3.50. The SMILES string of the molecule is O=C(NC1(C(=O)O)CCCC1)c1cc(-c2cccs2)[nH]n1. The Hall–Kier alpha value is -2.15. The van der Waals surface area contributed by atoms with E-state index in [0.29, 0.717) is 12.8 Å². The van der Waals surface area contributed by atoms with E-state index < -0.39 is 17.4 Å². The van der Waals surface area contributed by atoms with Gasteiger partial charge in [-0.15, -0.1) is 11.3 Å². The summed E-state index contributed by atoms with van der Waals surface area (Å²) in [6, 6.07) is 5.49. The molecule has 0 radical (unpaired) electrons. The highest BCUT2D eigenvalue weighted by Crippen LogP contribution is 2.30. The zero-order valence-electron chi connectivity index (χ0n) is 11.3. The van der Waals surface area contributed by atoms with Crippen LogP contribution in [0.4, 0.5) is 0 Å². The topological polar surface area (TPSA) is 95.1 Å². The lowest BCUT2D eigenvalue weighted by atomic mass is 9.97. The Balaban J connectivity index is 1.78. The van der Waals surface area contributed by atoms with Crippen molar-refractivity contribution in [2.45, 2.75) is 31.2 Å². The summed E-state index contributed by atoms with van der Waals surface area (Å²) in [7, 11) is 0. The predicted octanol–water partition coefficient (Wildman–Crippen LogP) is 2.27. The minimum Gasteiger partial charge on any atom is -0.480 e. The van der Waals surface area contributed by atoms with E-state index in [1.807, 2.05) is 17.5 Å². The Morgan fingerprint density at radius 2 is 2.14 bits per heavy atom. The van der Waals surface area contributed by atoms with Crippen molar-refractivity contribution in [2.24, 2.45) is 0 Å². The third-order valence-corrected chi connectivity index (χ3v) is 4.72. The van der Waals surface area contributed by atoms with E-state index in [-0.39, 0.29) is 5.69 Å². The minimum absolute atomic E-state index is 0.214. The third-order valence-electron chi connectivity index (χ3n) is 3.82. The van der Waals surface area contributed by atoms with Crippen molar-refractivity contribution in [2.75, 3.05) is 0 Å². The average molecular weight is 305 g/mol. The molecule has 2 heterocycles. The standard InChI is InChI=1S/C14H15N3O3S/c18-12(15-14(13(19)20)5-1-2-6-14)10-8-9(16-17-10)11-4-3-7-21-11/h3-4,7-8H,1-2,5-6H2,(H,15,18)(H,16,17)(H,19,20). The monoisotopic (exact) mass is 305 g/mol. The smallest absolute Gasteiger partial charge is 0.329 e. The van der Waals surface area contributed by atoms with Crippen molar-refractivity contribution < 1.29 is 14.7 Å². The molecule has 1 aliphatic rings. The normalized spacial score (nSPS) is 16.8. The van der Waals surface area contributed by atoms with Crippen LogP contribution in [0.25, 0.3) is 10.6 Å². The second-order valence-electron chi connectivity index (χ2n) is 5.19. The van der Waals surface area contributed by atoms with Gasteiger partial charge in [0.2, 0.25) is 0 Å². The highest BCUT2D eigenvalue weighted by atomic mass is 32.1. The lowest BCUT2D eigenvalue weighted by Crippen LogP contribution is -2.52. The maximum absolute atomic E-state index is 12.2. The molecule has 0 aromatic carbocycles. The number of carbonyl (C=O) groups excluding carboxylic acids is 1. The molecule has 1 saturated carbocycles. The van der Waals surface area contributed by atoms with Crippen LogP contribution in [-0.4, -0.2) is 32.7 Å². The molecule has 7 heteroatoms. The molecule has 0 saturated heterocycles. The first-order valence-corrected chi connectivity index (χ1v) is 7.64. The molecule has 0 bridgehead atoms. The van der Waals surface area contributed by atoms with Gasteiger partial charge in [0.15, 0.2) is 5.69 Å². The van der Waals surface area contributed by atoms with Crippen LogP contribution in [0.1, 0.15) is 36.2 Å². The fourth-order valence-corrected chi connectivity index (χ4v) is 3.34. The number of rotatable bonds is 4. The fraction of sp³-hybridized carbons (Fsp3) is 0.357. The molecule has 1 amide bonds. The number of aromatic amines is 1. The van der Waals surface area contributed by atoms with Crippen molar-refractivity contribution in [1.82, 2.24) is 15.5 Å². The molecular formula is C14H15N3O3S. The summed E-state index contributed by atoms with van der Waals surface area (Å²) in [5.74, 6) is -1.42. The fourth-order valence-electron chi connectivity index (χ4n) is 2.65. The summed E-state index contributed by atoms with van der Waals surface area (Å²) in [5.41, 5.74) is -0.170. The zero-order valence-corrected chi connectivity index (χ0v) is 12.1. The number of thiophene rings is 1. The van der Waals surface area contributed by atoms with Crippen LogP contribution < -0.4 is 5.32 Å². The maximum atomic E-state index is 12.2. The molecule has 1 fully saturated rings. The number of carboxylic acid groups (broad SMARTS) is 1. The van der Waals surface area contributed by atoms with Crippen LogP contribution in [0.2, 0.25) is 0 Å². The first-order chi connectivity index (χ1) is 10.1. The summed E-state index contributed by atoms with van der Waals surface area (Å²) in [4.78, 5) is 24.7. The largest absolute Gasteiger partial charge is 0.480 e. The summed E-state index contributed by atoms with van der Waals surface area (Å²) in [6.45, 7) is 0. The quantitative estimate of drug-likeness (QED) is 0.807. The van der Waals surface area contributed by atoms with Gasteiger partial charge < -0.3 is 10.4 Å². The van der Waals surface area contributed by atoms with Gasteiger partial charge in [-0.05, 0) is 30.4 Å². The number of H-pyrrole nitrogens is 1. The number of amides is 1. The van der Waals surface area contributed by atoms with E-state index in [1.165, 1.54) is 0 Å². The van der Waals surface area contributed by atoms with Gasteiger partial charge in [0.1, 0.15) is 5.54 Å². The molecule has 2 aromatic rings. The van der Waals surface area contributed by atoms with Gasteiger partial charge in [-0.25, -0.2) is 4.79 Å². The molecule has 2 aromatic heterocycles. The van der Waals surface area contributed by atoms with Crippen LogP contribution >= 0.6 is 11.3 Å². The number of hydrogen-bond donors (Lipinski definition) is 3. The molecular weight excluding hydrogens is 290 g/mol. The summed E-state index contributed by atoms with van der Waals surface area (Å²) in [5, 5.41) is 20.8. The van der Waals surface area contributed by atoms with Crippen LogP contribution in [-0.2, 0) is 4.79 Å². The molecule has 0 aliphatic heterocycles. The van der Waals surface area contributed by atoms with Crippen molar-refractivity contribution >= 4 is 23.2 Å². The van der Waals surface area contributed by atoms with E-state index in [1.54, 1.807) is 17.4 Å². The summed E-state index contributed by atoms with van der Waals surface area (Å²) >= 11 is 1.54. The van der Waals surface area contributed by atoms with Crippen LogP contribution in [0.15, 0.2) is 23.6 Å². The summed E-state index contributed by atoms with van der Waals surface area (Å²) < 4.78 is 0. The number of aliphatic carboxylic acids is 1. The zero-order chi connectivity index (χ0) is 14.9. The molecule has 6 nitrogen and oxygen atoms in total. The number of carboxylic acids is 1. The molecule has 0 spiro atoms. The third kappa shape index (κ3) is 2.56. The first kappa shape index (κ1) is 13.8. The second kappa shape index (κ2) is 5.33. The number of carbonyl (C=O) groups is 2. The van der Waals surface area contributed by atoms with E-state index in [4.69, 9.17) is 0 Å². The van der Waals surface area contributed by atoms with Gasteiger partial charge in [-0.1, -0.05) is 18.9 Å². The van der Waals surface area contributed by atoms with Crippen LogP contribution in [0.5, 0.6) is 0 Å². The molecule has 3 rings (SSSR count). The summed E-state index contributed by atoms with van der Waals surface area (Å²) in [6.07, 6.45) is 2.56. The molecule has 3 N–H and O–H groups in total. The lowest BCUT2D eigenvalue weighted by molar-refractivity contribution is -0.144. The van der Waals surface area contributed by atoms with E-state index in [0.717, 1.165) is 23.4 Å². The molecule has 0 atom stereocenters. The average Bonchev–Trinajstić information content (AvgIpc) is 3.20. The highest BCUT2D eigenvalue weighted by molar-refractivity contribution is 7.13.